The Bertz CT molecular complexity index is 1150. The van der Waals surface area contributed by atoms with Crippen molar-refractivity contribution < 1.29 is 14.3 Å². The van der Waals surface area contributed by atoms with Gasteiger partial charge >= 0.3 is 0 Å². The molecule has 0 bridgehead atoms. The zero-order valence-corrected chi connectivity index (χ0v) is 21.4. The van der Waals surface area contributed by atoms with Gasteiger partial charge in [0.2, 0.25) is 5.91 Å². The minimum absolute atomic E-state index is 0.0150. The van der Waals surface area contributed by atoms with E-state index in [2.05, 4.69) is 33.9 Å². The summed E-state index contributed by atoms with van der Waals surface area (Å²) < 4.78 is 7.68. The van der Waals surface area contributed by atoms with E-state index in [1.165, 1.54) is 5.56 Å². The first-order valence-corrected chi connectivity index (χ1v) is 13.3. The second-order valence-electron chi connectivity index (χ2n) is 9.91. The average Bonchev–Trinajstić information content (AvgIpc) is 3.70. The third-order valence-electron chi connectivity index (χ3n) is 7.18. The van der Waals surface area contributed by atoms with Gasteiger partial charge in [0.1, 0.15) is 6.54 Å². The van der Waals surface area contributed by atoms with Crippen LogP contribution in [0.1, 0.15) is 34.5 Å². The number of morpholine rings is 1. The Labute approximate surface area is 219 Å². The van der Waals surface area contributed by atoms with Crippen molar-refractivity contribution in [3.05, 3.63) is 95.8 Å². The molecule has 1 saturated carbocycles. The molecule has 1 saturated heterocycles. The second kappa shape index (κ2) is 12.2. The van der Waals surface area contributed by atoms with Crippen molar-refractivity contribution in [3.63, 3.8) is 0 Å². The number of rotatable bonds is 11. The monoisotopic (exact) mass is 500 g/mol. The van der Waals surface area contributed by atoms with Gasteiger partial charge in [-0.25, -0.2) is 0 Å². The van der Waals surface area contributed by atoms with Crippen LogP contribution in [0.15, 0.2) is 79.0 Å². The zero-order valence-electron chi connectivity index (χ0n) is 21.4. The summed E-state index contributed by atoms with van der Waals surface area (Å²) in [6.07, 6.45) is 4.11. The van der Waals surface area contributed by atoms with Crippen LogP contribution >= 0.6 is 0 Å². The molecule has 7 nitrogen and oxygen atoms in total. The van der Waals surface area contributed by atoms with Crippen LogP contribution in [0.2, 0.25) is 0 Å². The fourth-order valence-corrected chi connectivity index (χ4v) is 4.87. The fourth-order valence-electron chi connectivity index (χ4n) is 4.87. The molecule has 2 amide bonds. The van der Waals surface area contributed by atoms with E-state index in [4.69, 9.17) is 4.74 Å². The summed E-state index contributed by atoms with van der Waals surface area (Å²) in [5, 5.41) is 0. The molecule has 1 aliphatic heterocycles. The molecule has 37 heavy (non-hydrogen) atoms. The molecule has 0 atom stereocenters. The predicted molar refractivity (Wildman–Crippen MR) is 143 cm³/mol. The van der Waals surface area contributed by atoms with E-state index in [0.29, 0.717) is 31.9 Å². The lowest BCUT2D eigenvalue weighted by molar-refractivity contribution is -0.133. The van der Waals surface area contributed by atoms with Crippen molar-refractivity contribution in [2.45, 2.75) is 32.0 Å². The lowest BCUT2D eigenvalue weighted by Crippen LogP contribution is -2.47. The van der Waals surface area contributed by atoms with Gasteiger partial charge in [-0.2, -0.15) is 0 Å². The zero-order chi connectivity index (χ0) is 25.5. The van der Waals surface area contributed by atoms with E-state index in [9.17, 15) is 9.59 Å². The Kier molecular flexibility index (Phi) is 8.33. The Hall–Kier alpha value is -3.42. The smallest absolute Gasteiger partial charge is 0.254 e. The van der Waals surface area contributed by atoms with E-state index < -0.39 is 0 Å². The first-order valence-electron chi connectivity index (χ1n) is 13.3. The number of nitrogens with zero attached hydrogens (tertiary/aromatic N) is 4. The van der Waals surface area contributed by atoms with Gasteiger partial charge in [0.05, 0.1) is 19.8 Å². The average molecular weight is 501 g/mol. The maximum absolute atomic E-state index is 13.7. The molecule has 3 aromatic rings. The summed E-state index contributed by atoms with van der Waals surface area (Å²) in [7, 11) is 0. The van der Waals surface area contributed by atoms with Crippen molar-refractivity contribution in [1.29, 1.82) is 0 Å². The molecule has 2 heterocycles. The molecule has 1 aliphatic carbocycles. The van der Waals surface area contributed by atoms with Crippen molar-refractivity contribution in [3.8, 4) is 0 Å². The maximum Gasteiger partial charge on any atom is 0.254 e. The summed E-state index contributed by atoms with van der Waals surface area (Å²) in [4.78, 5) is 33.2. The largest absolute Gasteiger partial charge is 0.379 e. The number of benzene rings is 2. The first-order chi connectivity index (χ1) is 18.2. The minimum atomic E-state index is -0.0922. The molecular weight excluding hydrogens is 464 g/mol. The van der Waals surface area contributed by atoms with Crippen molar-refractivity contribution in [1.82, 2.24) is 19.3 Å². The molecular formula is C30H36N4O3. The Morgan fingerprint density at radius 3 is 2.30 bits per heavy atom. The number of amides is 2. The number of ether oxygens (including phenoxy) is 1. The molecule has 5 rings (SSSR count). The quantitative estimate of drug-likeness (QED) is 0.404. The van der Waals surface area contributed by atoms with E-state index in [0.717, 1.165) is 44.7 Å². The third kappa shape index (κ3) is 6.87. The maximum atomic E-state index is 13.7. The summed E-state index contributed by atoms with van der Waals surface area (Å²) in [6, 6.07) is 24.0. The molecule has 0 unspecified atom stereocenters. The standard InChI is InChI=1S/C30H36N4O3/c35-29(24-33(17-16-31-18-20-37-21-19-31)30(36)26-10-5-2-6-11-26)34(27-13-14-27)23-28-12-7-15-32(28)22-25-8-3-1-4-9-25/h1-12,15,27H,13-14,16-24H2. The van der Waals surface area contributed by atoms with Gasteiger partial charge in [-0.15, -0.1) is 0 Å². The lowest BCUT2D eigenvalue weighted by Gasteiger charge is -2.31. The van der Waals surface area contributed by atoms with Crippen LogP contribution < -0.4 is 0 Å². The van der Waals surface area contributed by atoms with Crippen LogP contribution in [0.5, 0.6) is 0 Å². The highest BCUT2D eigenvalue weighted by Crippen LogP contribution is 2.29. The van der Waals surface area contributed by atoms with Crippen LogP contribution in [-0.2, 0) is 22.6 Å². The number of hydrogen-bond acceptors (Lipinski definition) is 4. The molecule has 2 aliphatic rings. The third-order valence-corrected chi connectivity index (χ3v) is 7.18. The van der Waals surface area contributed by atoms with E-state index >= 15 is 0 Å². The summed E-state index contributed by atoms with van der Waals surface area (Å²) in [5.74, 6) is -0.0772. The molecule has 0 radical (unpaired) electrons. The Morgan fingerprint density at radius 1 is 0.892 bits per heavy atom. The van der Waals surface area contributed by atoms with Gasteiger partial charge in [0.25, 0.3) is 5.91 Å². The topological polar surface area (TPSA) is 58.0 Å². The van der Waals surface area contributed by atoms with Crippen LogP contribution in [-0.4, -0.2) is 83.1 Å². The summed E-state index contributed by atoms with van der Waals surface area (Å²) >= 11 is 0. The van der Waals surface area contributed by atoms with E-state index in [1.54, 1.807) is 4.90 Å². The van der Waals surface area contributed by atoms with Crippen LogP contribution in [0.25, 0.3) is 0 Å². The minimum Gasteiger partial charge on any atom is -0.379 e. The number of carbonyl (C=O) groups excluding carboxylic acids is 2. The van der Waals surface area contributed by atoms with E-state index in [1.807, 2.05) is 59.5 Å². The van der Waals surface area contributed by atoms with E-state index in [-0.39, 0.29) is 24.4 Å². The normalized spacial score (nSPS) is 15.9. The molecule has 2 aromatic carbocycles. The molecule has 7 heteroatoms. The molecule has 2 fully saturated rings. The Balaban J connectivity index is 1.28. The lowest BCUT2D eigenvalue weighted by atomic mass is 10.2. The van der Waals surface area contributed by atoms with Gasteiger partial charge in [0.15, 0.2) is 0 Å². The summed E-state index contributed by atoms with van der Waals surface area (Å²) in [5.41, 5.74) is 2.96. The summed E-state index contributed by atoms with van der Waals surface area (Å²) in [6.45, 7) is 5.80. The highest BCUT2D eigenvalue weighted by atomic mass is 16.5. The van der Waals surface area contributed by atoms with Gasteiger partial charge in [-0.05, 0) is 42.7 Å². The Morgan fingerprint density at radius 2 is 1.59 bits per heavy atom. The predicted octanol–water partition coefficient (Wildman–Crippen LogP) is 3.50. The van der Waals surface area contributed by atoms with Crippen molar-refractivity contribution >= 4 is 11.8 Å². The van der Waals surface area contributed by atoms with Crippen LogP contribution in [0, 0.1) is 0 Å². The first kappa shape index (κ1) is 25.2. The molecule has 1 aromatic heterocycles. The van der Waals surface area contributed by atoms with Crippen LogP contribution in [0.3, 0.4) is 0 Å². The van der Waals surface area contributed by atoms with Gasteiger partial charge in [0, 0.05) is 56.2 Å². The van der Waals surface area contributed by atoms with Crippen molar-refractivity contribution in [2.24, 2.45) is 0 Å². The SMILES string of the molecule is O=C(c1ccccc1)N(CCN1CCOCC1)CC(=O)N(Cc1cccn1Cc1ccccc1)C1CC1. The highest BCUT2D eigenvalue weighted by molar-refractivity contribution is 5.96. The number of aromatic nitrogens is 1. The number of carbonyl (C=O) groups is 2. The molecule has 0 N–H and O–H groups in total. The van der Waals surface area contributed by atoms with Gasteiger partial charge in [-0.3, -0.25) is 14.5 Å². The number of hydrogen-bond donors (Lipinski definition) is 0. The van der Waals surface area contributed by atoms with Gasteiger partial charge in [-0.1, -0.05) is 48.5 Å². The molecule has 194 valence electrons. The van der Waals surface area contributed by atoms with Crippen LogP contribution in [0.4, 0.5) is 0 Å². The second-order valence-corrected chi connectivity index (χ2v) is 9.91. The van der Waals surface area contributed by atoms with Gasteiger partial charge < -0.3 is 19.1 Å². The highest BCUT2D eigenvalue weighted by Gasteiger charge is 2.34. The fraction of sp³-hybridized carbons (Fsp3) is 0.400. The molecule has 0 spiro atoms. The van der Waals surface area contributed by atoms with Crippen molar-refractivity contribution in [2.75, 3.05) is 45.9 Å².